The summed E-state index contributed by atoms with van der Waals surface area (Å²) in [7, 11) is 0. The minimum absolute atomic E-state index is 1.09. The van der Waals surface area contributed by atoms with Crippen LogP contribution in [0.3, 0.4) is 0 Å². The van der Waals surface area contributed by atoms with Crippen molar-refractivity contribution in [1.82, 2.24) is 0 Å². The predicted molar refractivity (Wildman–Crippen MR) is 79.7 cm³/mol. The van der Waals surface area contributed by atoms with Gasteiger partial charge in [-0.1, -0.05) is 64.2 Å². The van der Waals surface area contributed by atoms with Gasteiger partial charge in [0.1, 0.15) is 0 Å². The van der Waals surface area contributed by atoms with Gasteiger partial charge < -0.3 is 0 Å². The van der Waals surface area contributed by atoms with Crippen molar-refractivity contribution in [2.24, 2.45) is 11.8 Å². The normalized spacial score (nSPS) is 33.9. The van der Waals surface area contributed by atoms with Crippen LogP contribution in [-0.4, -0.2) is 11.5 Å². The number of rotatable bonds is 0. The van der Waals surface area contributed by atoms with Crippen molar-refractivity contribution in [3.05, 3.63) is 0 Å². The van der Waals surface area contributed by atoms with E-state index in [9.17, 15) is 0 Å². The summed E-state index contributed by atoms with van der Waals surface area (Å²) in [5.74, 6) is 5.07. The fraction of sp³-hybridized carbons (Fsp3) is 1.00. The molecule has 2 atom stereocenters. The average Bonchev–Trinajstić information content (AvgIpc) is 2.38. The molecule has 0 N–H and O–H groups in total. The van der Waals surface area contributed by atoms with Gasteiger partial charge in [-0.15, -0.1) is 0 Å². The lowest BCUT2D eigenvalue weighted by molar-refractivity contribution is 0.214. The zero-order chi connectivity index (χ0) is 11.8. The molecule has 2 fully saturated rings. The van der Waals surface area contributed by atoms with Gasteiger partial charge in [0.25, 0.3) is 0 Å². The van der Waals surface area contributed by atoms with Crippen molar-refractivity contribution < 1.29 is 0 Å². The summed E-state index contributed by atoms with van der Waals surface area (Å²) in [6, 6.07) is 0. The maximum atomic E-state index is 2.23. The first kappa shape index (κ1) is 13.8. The Bertz CT molecular complexity index is 170. The lowest BCUT2D eigenvalue weighted by atomic mass is 9.75. The van der Waals surface area contributed by atoms with Gasteiger partial charge in [-0.2, -0.15) is 11.8 Å². The molecule has 2 rings (SSSR count). The molecule has 0 aromatic carbocycles. The Kier molecular flexibility index (Phi) is 6.85. The lowest BCUT2D eigenvalue weighted by Gasteiger charge is -2.31. The van der Waals surface area contributed by atoms with E-state index < -0.39 is 0 Å². The Hall–Kier alpha value is 0.350. The van der Waals surface area contributed by atoms with Crippen molar-refractivity contribution in [1.29, 1.82) is 0 Å². The molecule has 1 aliphatic carbocycles. The van der Waals surface area contributed by atoms with Crippen LogP contribution in [-0.2, 0) is 0 Å². The highest BCUT2D eigenvalue weighted by Gasteiger charge is 2.24. The summed E-state index contributed by atoms with van der Waals surface area (Å²) < 4.78 is 0. The molecule has 2 aliphatic rings. The van der Waals surface area contributed by atoms with E-state index in [4.69, 9.17) is 0 Å². The average molecular weight is 254 g/mol. The molecule has 1 saturated carbocycles. The molecule has 0 radical (unpaired) electrons. The first-order valence-electron chi connectivity index (χ1n) is 8.04. The molecular formula is C16H30S. The highest BCUT2D eigenvalue weighted by atomic mass is 32.2. The van der Waals surface area contributed by atoms with E-state index in [2.05, 4.69) is 11.8 Å². The van der Waals surface area contributed by atoms with Gasteiger partial charge in [0.15, 0.2) is 0 Å². The van der Waals surface area contributed by atoms with Gasteiger partial charge in [0.05, 0.1) is 0 Å². The zero-order valence-electron chi connectivity index (χ0n) is 11.5. The lowest BCUT2D eigenvalue weighted by Crippen LogP contribution is -2.20. The molecule has 0 aromatic heterocycles. The van der Waals surface area contributed by atoms with Crippen molar-refractivity contribution >= 4 is 11.8 Å². The molecule has 1 saturated heterocycles. The fourth-order valence-corrected chi connectivity index (χ4v) is 4.78. The summed E-state index contributed by atoms with van der Waals surface area (Å²) in [6.07, 6.45) is 18.2. The first-order chi connectivity index (χ1) is 8.47. The van der Waals surface area contributed by atoms with Crippen LogP contribution in [0.1, 0.15) is 77.0 Å². The summed E-state index contributed by atoms with van der Waals surface area (Å²) in [6.45, 7) is 0. The quantitative estimate of drug-likeness (QED) is 0.537. The number of hydrogen-bond acceptors (Lipinski definition) is 1. The standard InChI is InChI=1S/C16H30S/c1-2-4-8-13-17-14-12-16-11-7-6-10-15(16)9-5-3-1/h15-16H,1-14H2. The van der Waals surface area contributed by atoms with Crippen molar-refractivity contribution in [3.8, 4) is 0 Å². The fourth-order valence-electron chi connectivity index (χ4n) is 3.70. The van der Waals surface area contributed by atoms with Crippen molar-refractivity contribution in [2.45, 2.75) is 77.0 Å². The summed E-state index contributed by atoms with van der Waals surface area (Å²) >= 11 is 2.23. The van der Waals surface area contributed by atoms with E-state index in [-0.39, 0.29) is 0 Å². The Balaban J connectivity index is 1.78. The maximum absolute atomic E-state index is 2.23. The number of thioether (sulfide) groups is 1. The second kappa shape index (κ2) is 8.45. The largest absolute Gasteiger partial charge is 0.162 e. The highest BCUT2D eigenvalue weighted by Crippen LogP contribution is 2.36. The van der Waals surface area contributed by atoms with Crippen LogP contribution in [0.15, 0.2) is 0 Å². The van der Waals surface area contributed by atoms with E-state index >= 15 is 0 Å². The van der Waals surface area contributed by atoms with Gasteiger partial charge in [0, 0.05) is 0 Å². The minimum Gasteiger partial charge on any atom is -0.162 e. The van der Waals surface area contributed by atoms with Gasteiger partial charge >= 0.3 is 0 Å². The van der Waals surface area contributed by atoms with Crippen LogP contribution in [0.25, 0.3) is 0 Å². The van der Waals surface area contributed by atoms with E-state index in [0.717, 1.165) is 11.8 Å². The molecule has 0 amide bonds. The van der Waals surface area contributed by atoms with Gasteiger partial charge in [-0.05, 0) is 36.2 Å². The van der Waals surface area contributed by atoms with Crippen LogP contribution < -0.4 is 0 Å². The van der Waals surface area contributed by atoms with Crippen molar-refractivity contribution in [3.63, 3.8) is 0 Å². The van der Waals surface area contributed by atoms with E-state index in [1.54, 1.807) is 19.3 Å². The van der Waals surface area contributed by atoms with Crippen LogP contribution in [0.5, 0.6) is 0 Å². The van der Waals surface area contributed by atoms with Crippen LogP contribution in [0.4, 0.5) is 0 Å². The molecule has 0 bridgehead atoms. The van der Waals surface area contributed by atoms with E-state index in [1.165, 1.54) is 69.3 Å². The highest BCUT2D eigenvalue weighted by molar-refractivity contribution is 7.99. The molecule has 1 aliphatic heterocycles. The van der Waals surface area contributed by atoms with Crippen molar-refractivity contribution in [2.75, 3.05) is 11.5 Å². The second-order valence-corrected chi connectivity index (χ2v) is 7.34. The Morgan fingerprint density at radius 2 is 1.00 bits per heavy atom. The van der Waals surface area contributed by atoms with Gasteiger partial charge in [-0.3, -0.25) is 0 Å². The maximum Gasteiger partial charge on any atom is -0.00648 e. The van der Waals surface area contributed by atoms with Crippen LogP contribution >= 0.6 is 11.8 Å². The predicted octanol–water partition coefficient (Wildman–Crippen LogP) is 5.66. The van der Waals surface area contributed by atoms with Gasteiger partial charge in [-0.25, -0.2) is 0 Å². The molecule has 0 nitrogen and oxygen atoms in total. The molecule has 0 aromatic rings. The third-order valence-corrected chi connectivity index (χ3v) is 5.91. The first-order valence-corrected chi connectivity index (χ1v) is 9.20. The minimum atomic E-state index is 1.09. The van der Waals surface area contributed by atoms with Gasteiger partial charge in [0.2, 0.25) is 0 Å². The molecule has 17 heavy (non-hydrogen) atoms. The Morgan fingerprint density at radius 3 is 1.76 bits per heavy atom. The third kappa shape index (κ3) is 5.24. The SMILES string of the molecule is C1CCCCC2CCCCC2CCSCCC1. The topological polar surface area (TPSA) is 0 Å². The summed E-state index contributed by atoms with van der Waals surface area (Å²) in [4.78, 5) is 0. The Labute approximate surface area is 112 Å². The summed E-state index contributed by atoms with van der Waals surface area (Å²) in [5.41, 5.74) is 0. The van der Waals surface area contributed by atoms with E-state index in [0.29, 0.717) is 0 Å². The molecule has 0 spiro atoms. The molecule has 100 valence electrons. The monoisotopic (exact) mass is 254 g/mol. The molecule has 2 unspecified atom stereocenters. The smallest absolute Gasteiger partial charge is 0.00648 e. The summed E-state index contributed by atoms with van der Waals surface area (Å²) in [5, 5.41) is 0. The van der Waals surface area contributed by atoms with Crippen LogP contribution in [0.2, 0.25) is 0 Å². The Morgan fingerprint density at radius 1 is 0.471 bits per heavy atom. The molecular weight excluding hydrogens is 224 g/mol. The number of fused-ring (bicyclic) bond motifs is 1. The second-order valence-electron chi connectivity index (χ2n) is 6.12. The van der Waals surface area contributed by atoms with Crippen LogP contribution in [0, 0.1) is 11.8 Å². The zero-order valence-corrected chi connectivity index (χ0v) is 12.3. The number of hydrogen-bond donors (Lipinski definition) is 0. The third-order valence-electron chi connectivity index (χ3n) is 4.81. The van der Waals surface area contributed by atoms with E-state index in [1.807, 2.05) is 0 Å². The molecule has 1 heteroatoms. The molecule has 1 heterocycles.